The average Bonchev–Trinajstić information content (AvgIpc) is 2.23. The minimum atomic E-state index is -0.923. The van der Waals surface area contributed by atoms with E-state index in [1.165, 1.54) is 0 Å². The first kappa shape index (κ1) is 13.5. The fourth-order valence-electron chi connectivity index (χ4n) is 1.35. The summed E-state index contributed by atoms with van der Waals surface area (Å²) >= 11 is 9.29. The average molecular weight is 307 g/mol. The zero-order valence-electron chi connectivity index (χ0n) is 8.84. The van der Waals surface area contributed by atoms with Gasteiger partial charge in [0.25, 0.3) is 0 Å². The molecule has 0 bridgehead atoms. The van der Waals surface area contributed by atoms with E-state index in [0.717, 1.165) is 10.9 Å². The van der Waals surface area contributed by atoms with Gasteiger partial charge < -0.3 is 10.4 Å². The molecule has 16 heavy (non-hydrogen) atoms. The van der Waals surface area contributed by atoms with E-state index in [4.69, 9.17) is 16.7 Å². The summed E-state index contributed by atoms with van der Waals surface area (Å²) in [5, 5.41) is 12.5. The highest BCUT2D eigenvalue weighted by atomic mass is 79.9. The Morgan fingerprint density at radius 3 is 2.88 bits per heavy atom. The molecule has 1 rings (SSSR count). The molecule has 2 N–H and O–H groups in total. The van der Waals surface area contributed by atoms with Crippen LogP contribution in [0.3, 0.4) is 0 Å². The van der Waals surface area contributed by atoms with Gasteiger partial charge in [-0.3, -0.25) is 4.79 Å². The zero-order chi connectivity index (χ0) is 12.1. The standard InChI is InChI=1S/C11H13BrClNO2/c1-2-5-14-10(11(15)16)8-6-7(12)3-4-9(8)13/h3-4,6,10,14H,2,5H2,1H3,(H,15,16). The minimum absolute atomic E-state index is 0.458. The van der Waals surface area contributed by atoms with Gasteiger partial charge in [-0.1, -0.05) is 34.5 Å². The van der Waals surface area contributed by atoms with Crippen LogP contribution in [0.1, 0.15) is 24.9 Å². The molecule has 5 heteroatoms. The Kier molecular flexibility index (Phi) is 5.25. The number of benzene rings is 1. The number of carboxylic acids is 1. The number of hydrogen-bond acceptors (Lipinski definition) is 2. The summed E-state index contributed by atoms with van der Waals surface area (Å²) in [6.45, 7) is 2.62. The summed E-state index contributed by atoms with van der Waals surface area (Å²) in [6.07, 6.45) is 0.870. The van der Waals surface area contributed by atoms with Crippen LogP contribution in [0.5, 0.6) is 0 Å². The first-order valence-electron chi connectivity index (χ1n) is 4.97. The van der Waals surface area contributed by atoms with Crippen LogP contribution >= 0.6 is 27.5 Å². The molecule has 0 heterocycles. The lowest BCUT2D eigenvalue weighted by molar-refractivity contribution is -0.139. The van der Waals surface area contributed by atoms with Crippen molar-refractivity contribution < 1.29 is 9.90 Å². The van der Waals surface area contributed by atoms with Gasteiger partial charge in [-0.15, -0.1) is 0 Å². The fourth-order valence-corrected chi connectivity index (χ4v) is 1.96. The summed E-state index contributed by atoms with van der Waals surface area (Å²) in [4.78, 5) is 11.1. The molecule has 1 unspecified atom stereocenters. The Bertz CT molecular complexity index is 384. The van der Waals surface area contributed by atoms with Gasteiger partial charge in [0, 0.05) is 9.50 Å². The molecule has 0 aliphatic rings. The Morgan fingerprint density at radius 1 is 1.62 bits per heavy atom. The second-order valence-corrected chi connectivity index (χ2v) is 4.71. The summed E-state index contributed by atoms with van der Waals surface area (Å²) in [5.41, 5.74) is 0.581. The SMILES string of the molecule is CCCNC(C(=O)O)c1cc(Br)ccc1Cl. The number of carboxylic acid groups (broad SMARTS) is 1. The van der Waals surface area contributed by atoms with E-state index in [1.54, 1.807) is 18.2 Å². The van der Waals surface area contributed by atoms with Crippen molar-refractivity contribution in [2.45, 2.75) is 19.4 Å². The van der Waals surface area contributed by atoms with Gasteiger partial charge in [0.2, 0.25) is 0 Å². The third-order valence-electron chi connectivity index (χ3n) is 2.11. The predicted molar refractivity (Wildman–Crippen MR) is 67.8 cm³/mol. The van der Waals surface area contributed by atoms with Gasteiger partial charge in [-0.2, -0.15) is 0 Å². The molecular formula is C11H13BrClNO2. The first-order chi connectivity index (χ1) is 7.56. The molecule has 1 atom stereocenters. The molecule has 0 spiro atoms. The Labute approximate surface area is 108 Å². The normalized spacial score (nSPS) is 12.4. The third-order valence-corrected chi connectivity index (χ3v) is 2.95. The summed E-state index contributed by atoms with van der Waals surface area (Å²) < 4.78 is 0.816. The van der Waals surface area contributed by atoms with Crippen LogP contribution in [-0.2, 0) is 4.79 Å². The Balaban J connectivity index is 3.00. The van der Waals surface area contributed by atoms with Gasteiger partial charge in [-0.05, 0) is 36.7 Å². The topological polar surface area (TPSA) is 49.3 Å². The molecule has 0 aliphatic heterocycles. The van der Waals surface area contributed by atoms with Gasteiger partial charge in [0.05, 0.1) is 0 Å². The van der Waals surface area contributed by atoms with Crippen molar-refractivity contribution in [3.05, 3.63) is 33.3 Å². The number of nitrogens with one attached hydrogen (secondary N) is 1. The highest BCUT2D eigenvalue weighted by Crippen LogP contribution is 2.26. The maximum absolute atomic E-state index is 11.1. The van der Waals surface area contributed by atoms with Crippen LogP contribution in [0.2, 0.25) is 5.02 Å². The van der Waals surface area contributed by atoms with Crippen LogP contribution in [0.4, 0.5) is 0 Å². The summed E-state index contributed by atoms with van der Waals surface area (Å²) in [6, 6.07) is 4.43. The lowest BCUT2D eigenvalue weighted by atomic mass is 10.1. The van der Waals surface area contributed by atoms with E-state index in [1.807, 2.05) is 6.92 Å². The number of rotatable bonds is 5. The Hall–Kier alpha value is -0.580. The largest absolute Gasteiger partial charge is 0.480 e. The monoisotopic (exact) mass is 305 g/mol. The van der Waals surface area contributed by atoms with Crippen molar-refractivity contribution in [1.29, 1.82) is 0 Å². The lowest BCUT2D eigenvalue weighted by Gasteiger charge is -2.16. The number of carbonyl (C=O) groups is 1. The molecule has 3 nitrogen and oxygen atoms in total. The van der Waals surface area contributed by atoms with Crippen LogP contribution in [0.15, 0.2) is 22.7 Å². The van der Waals surface area contributed by atoms with Crippen LogP contribution in [0.25, 0.3) is 0 Å². The minimum Gasteiger partial charge on any atom is -0.480 e. The highest BCUT2D eigenvalue weighted by Gasteiger charge is 2.21. The molecule has 0 amide bonds. The quantitative estimate of drug-likeness (QED) is 0.878. The van der Waals surface area contributed by atoms with E-state index in [0.29, 0.717) is 17.1 Å². The van der Waals surface area contributed by atoms with Gasteiger partial charge in [0.15, 0.2) is 0 Å². The van der Waals surface area contributed by atoms with Crippen molar-refractivity contribution in [3.63, 3.8) is 0 Å². The highest BCUT2D eigenvalue weighted by molar-refractivity contribution is 9.10. The molecule has 1 aromatic carbocycles. The molecule has 0 saturated heterocycles. The molecular weight excluding hydrogens is 293 g/mol. The molecule has 0 radical (unpaired) electrons. The molecule has 0 fully saturated rings. The van der Waals surface area contributed by atoms with Crippen LogP contribution in [0, 0.1) is 0 Å². The van der Waals surface area contributed by atoms with Gasteiger partial charge >= 0.3 is 5.97 Å². The Morgan fingerprint density at radius 2 is 2.31 bits per heavy atom. The number of halogens is 2. The van der Waals surface area contributed by atoms with Crippen molar-refractivity contribution in [2.75, 3.05) is 6.54 Å². The summed E-state index contributed by atoms with van der Waals surface area (Å²) in [5.74, 6) is -0.923. The van der Waals surface area contributed by atoms with Crippen LogP contribution < -0.4 is 5.32 Å². The van der Waals surface area contributed by atoms with Gasteiger partial charge in [-0.25, -0.2) is 0 Å². The number of hydrogen-bond donors (Lipinski definition) is 2. The van der Waals surface area contributed by atoms with Crippen molar-refractivity contribution in [2.24, 2.45) is 0 Å². The first-order valence-corrected chi connectivity index (χ1v) is 6.14. The molecule has 88 valence electrons. The second-order valence-electron chi connectivity index (χ2n) is 3.39. The third kappa shape index (κ3) is 3.47. The smallest absolute Gasteiger partial charge is 0.325 e. The van der Waals surface area contributed by atoms with E-state index in [9.17, 15) is 4.79 Å². The molecule has 0 aliphatic carbocycles. The summed E-state index contributed by atoms with van der Waals surface area (Å²) in [7, 11) is 0. The predicted octanol–water partition coefficient (Wildman–Crippen LogP) is 3.23. The molecule has 0 aromatic heterocycles. The maximum atomic E-state index is 11.1. The van der Waals surface area contributed by atoms with Crippen LogP contribution in [-0.4, -0.2) is 17.6 Å². The zero-order valence-corrected chi connectivity index (χ0v) is 11.2. The van der Waals surface area contributed by atoms with E-state index in [2.05, 4.69) is 21.2 Å². The number of aliphatic carboxylic acids is 1. The van der Waals surface area contributed by atoms with Crippen molar-refractivity contribution >= 4 is 33.5 Å². The van der Waals surface area contributed by atoms with Crippen molar-refractivity contribution in [3.8, 4) is 0 Å². The molecule has 0 saturated carbocycles. The molecule has 1 aromatic rings. The maximum Gasteiger partial charge on any atom is 0.325 e. The van der Waals surface area contributed by atoms with Crippen molar-refractivity contribution in [1.82, 2.24) is 5.32 Å². The fraction of sp³-hybridized carbons (Fsp3) is 0.364. The second kappa shape index (κ2) is 6.23. The van der Waals surface area contributed by atoms with Gasteiger partial charge in [0.1, 0.15) is 6.04 Å². The lowest BCUT2D eigenvalue weighted by Crippen LogP contribution is -2.29. The van der Waals surface area contributed by atoms with E-state index in [-0.39, 0.29) is 0 Å². The van der Waals surface area contributed by atoms with E-state index < -0.39 is 12.0 Å². The van der Waals surface area contributed by atoms with E-state index >= 15 is 0 Å².